The molecule has 0 radical (unpaired) electrons. The van der Waals surface area contributed by atoms with Gasteiger partial charge in [-0.1, -0.05) is 47.0 Å². The molecule has 0 spiro atoms. The zero-order chi connectivity index (χ0) is 13.3. The fraction of sp³-hybridized carbons (Fsp3) is 0.938. The Morgan fingerprint density at radius 2 is 1.78 bits per heavy atom. The highest BCUT2D eigenvalue weighted by atomic mass is 16.5. The maximum atomic E-state index is 12.4. The van der Waals surface area contributed by atoms with Gasteiger partial charge in [-0.05, 0) is 36.5 Å². The lowest BCUT2D eigenvalue weighted by Gasteiger charge is -2.46. The summed E-state index contributed by atoms with van der Waals surface area (Å²) in [7, 11) is 0. The molecule has 1 saturated carbocycles. The predicted molar refractivity (Wildman–Crippen MR) is 73.2 cm³/mol. The molecule has 1 saturated heterocycles. The van der Waals surface area contributed by atoms with Crippen molar-refractivity contribution in [3.05, 3.63) is 0 Å². The molecule has 1 aliphatic heterocycles. The van der Waals surface area contributed by atoms with Gasteiger partial charge >= 0.3 is 5.97 Å². The Balaban J connectivity index is 2.12. The van der Waals surface area contributed by atoms with E-state index in [1.54, 1.807) is 0 Å². The van der Waals surface area contributed by atoms with Gasteiger partial charge in [0.05, 0.1) is 5.92 Å². The van der Waals surface area contributed by atoms with Crippen LogP contribution >= 0.6 is 0 Å². The molecule has 0 aromatic heterocycles. The maximum Gasteiger partial charge on any atom is 0.310 e. The van der Waals surface area contributed by atoms with Gasteiger partial charge in [0.15, 0.2) is 0 Å². The van der Waals surface area contributed by atoms with E-state index in [1.807, 2.05) is 0 Å². The summed E-state index contributed by atoms with van der Waals surface area (Å²) in [4.78, 5) is 12.4. The Hall–Kier alpha value is -0.530. The van der Waals surface area contributed by atoms with Crippen LogP contribution in [0.3, 0.4) is 0 Å². The second-order valence-corrected chi connectivity index (χ2v) is 7.29. The topological polar surface area (TPSA) is 26.3 Å². The summed E-state index contributed by atoms with van der Waals surface area (Å²) < 4.78 is 5.71. The van der Waals surface area contributed by atoms with E-state index in [0.717, 1.165) is 6.42 Å². The molecule has 2 atom stereocenters. The van der Waals surface area contributed by atoms with Gasteiger partial charge in [-0.3, -0.25) is 4.79 Å². The Kier molecular flexibility index (Phi) is 4.03. The van der Waals surface area contributed by atoms with Crippen molar-refractivity contribution in [2.75, 3.05) is 0 Å². The minimum absolute atomic E-state index is 0.0804. The summed E-state index contributed by atoms with van der Waals surface area (Å²) in [6, 6.07) is 0. The molecule has 2 nitrogen and oxygen atoms in total. The lowest BCUT2D eigenvalue weighted by atomic mass is 9.63. The van der Waals surface area contributed by atoms with Gasteiger partial charge in [-0.25, -0.2) is 0 Å². The minimum Gasteiger partial charge on any atom is -0.462 e. The van der Waals surface area contributed by atoms with E-state index >= 15 is 0 Å². The average molecular weight is 252 g/mol. The first-order valence-corrected chi connectivity index (χ1v) is 7.62. The number of esters is 1. The third kappa shape index (κ3) is 2.73. The summed E-state index contributed by atoms with van der Waals surface area (Å²) in [5.41, 5.74) is 0.103. The van der Waals surface area contributed by atoms with Gasteiger partial charge in [0.25, 0.3) is 0 Å². The van der Waals surface area contributed by atoms with Crippen molar-refractivity contribution in [3.8, 4) is 0 Å². The third-order valence-electron chi connectivity index (χ3n) is 4.96. The highest BCUT2D eigenvalue weighted by molar-refractivity contribution is 5.75. The van der Waals surface area contributed by atoms with Crippen molar-refractivity contribution >= 4 is 5.97 Å². The van der Waals surface area contributed by atoms with Gasteiger partial charge in [-0.15, -0.1) is 0 Å². The molecule has 0 bridgehead atoms. The molecule has 18 heavy (non-hydrogen) atoms. The Morgan fingerprint density at radius 3 is 2.28 bits per heavy atom. The van der Waals surface area contributed by atoms with Crippen LogP contribution in [0.15, 0.2) is 0 Å². The van der Waals surface area contributed by atoms with E-state index in [1.165, 1.54) is 32.1 Å². The second-order valence-electron chi connectivity index (χ2n) is 7.29. The molecule has 1 heterocycles. The number of ether oxygens (including phenoxy) is 1. The summed E-state index contributed by atoms with van der Waals surface area (Å²) in [5.74, 6) is 1.21. The van der Waals surface area contributed by atoms with Gasteiger partial charge in [0.1, 0.15) is 6.10 Å². The third-order valence-corrected chi connectivity index (χ3v) is 4.96. The monoisotopic (exact) mass is 252 g/mol. The molecule has 2 fully saturated rings. The quantitative estimate of drug-likeness (QED) is 0.689. The van der Waals surface area contributed by atoms with Gasteiger partial charge in [-0.2, -0.15) is 0 Å². The molecular formula is C16H28O2. The fourth-order valence-electron chi connectivity index (χ4n) is 3.90. The number of hydrogen-bond acceptors (Lipinski definition) is 2. The second kappa shape index (κ2) is 5.22. The fourth-order valence-corrected chi connectivity index (χ4v) is 3.90. The lowest BCUT2D eigenvalue weighted by Crippen LogP contribution is -2.48. The van der Waals surface area contributed by atoms with Crippen molar-refractivity contribution in [3.63, 3.8) is 0 Å². The zero-order valence-corrected chi connectivity index (χ0v) is 12.4. The number of cyclic esters (lactones) is 1. The van der Waals surface area contributed by atoms with E-state index < -0.39 is 0 Å². The molecule has 2 unspecified atom stereocenters. The van der Waals surface area contributed by atoms with Crippen LogP contribution in [0.4, 0.5) is 0 Å². The van der Waals surface area contributed by atoms with E-state index in [-0.39, 0.29) is 23.4 Å². The van der Waals surface area contributed by atoms with Crippen LogP contribution in [0.2, 0.25) is 0 Å². The minimum atomic E-state index is 0.0804. The largest absolute Gasteiger partial charge is 0.462 e. The van der Waals surface area contributed by atoms with Crippen LogP contribution in [-0.2, 0) is 9.53 Å². The zero-order valence-electron chi connectivity index (χ0n) is 12.4. The van der Waals surface area contributed by atoms with Crippen LogP contribution in [0.1, 0.15) is 66.2 Å². The molecule has 0 aromatic rings. The van der Waals surface area contributed by atoms with Crippen LogP contribution in [0.5, 0.6) is 0 Å². The first kappa shape index (κ1) is 13.9. The maximum absolute atomic E-state index is 12.4. The molecule has 2 rings (SSSR count). The summed E-state index contributed by atoms with van der Waals surface area (Å²) in [6.45, 7) is 8.83. The summed E-state index contributed by atoms with van der Waals surface area (Å²) in [6.07, 6.45) is 7.50. The highest BCUT2D eigenvalue weighted by Gasteiger charge is 2.48. The first-order valence-electron chi connectivity index (χ1n) is 7.62. The molecule has 2 aliphatic rings. The molecule has 2 heteroatoms. The van der Waals surface area contributed by atoms with Gasteiger partial charge in [0, 0.05) is 0 Å². The van der Waals surface area contributed by atoms with Crippen molar-refractivity contribution in [1.29, 1.82) is 0 Å². The predicted octanol–water partition coefficient (Wildman–Crippen LogP) is 4.18. The van der Waals surface area contributed by atoms with Crippen LogP contribution in [0, 0.1) is 23.2 Å². The number of carbonyl (C=O) groups excluding carboxylic acids is 1. The molecule has 0 amide bonds. The number of hydrogen-bond donors (Lipinski definition) is 0. The van der Waals surface area contributed by atoms with E-state index in [9.17, 15) is 4.79 Å². The van der Waals surface area contributed by atoms with Crippen molar-refractivity contribution < 1.29 is 9.53 Å². The Labute approximate surface area is 111 Å². The van der Waals surface area contributed by atoms with Crippen LogP contribution in [0.25, 0.3) is 0 Å². The number of rotatable bonds is 2. The van der Waals surface area contributed by atoms with E-state index in [2.05, 4.69) is 27.7 Å². The summed E-state index contributed by atoms with van der Waals surface area (Å²) >= 11 is 0. The molecule has 1 aliphatic carbocycles. The lowest BCUT2D eigenvalue weighted by molar-refractivity contribution is -0.179. The van der Waals surface area contributed by atoms with E-state index in [4.69, 9.17) is 4.74 Å². The first-order chi connectivity index (χ1) is 8.42. The standard InChI is InChI=1S/C16H28O2/c1-11(2)13-10-16(3,4)14(15(17)18-13)12-8-6-5-7-9-12/h11-14H,5-10H2,1-4H3. The molecular weight excluding hydrogens is 224 g/mol. The smallest absolute Gasteiger partial charge is 0.310 e. The Morgan fingerprint density at radius 1 is 1.17 bits per heavy atom. The van der Waals surface area contributed by atoms with Gasteiger partial charge < -0.3 is 4.74 Å². The SMILES string of the molecule is CC(C)C1CC(C)(C)C(C2CCCCC2)C(=O)O1. The molecule has 0 aromatic carbocycles. The summed E-state index contributed by atoms with van der Waals surface area (Å²) in [5, 5.41) is 0. The van der Waals surface area contributed by atoms with Crippen molar-refractivity contribution in [2.45, 2.75) is 72.3 Å². The van der Waals surface area contributed by atoms with Gasteiger partial charge in [0.2, 0.25) is 0 Å². The van der Waals surface area contributed by atoms with Crippen LogP contribution in [-0.4, -0.2) is 12.1 Å². The van der Waals surface area contributed by atoms with Crippen LogP contribution < -0.4 is 0 Å². The average Bonchev–Trinajstić information content (AvgIpc) is 2.28. The molecule has 104 valence electrons. The molecule has 0 N–H and O–H groups in total. The number of carbonyl (C=O) groups is 1. The van der Waals surface area contributed by atoms with E-state index in [0.29, 0.717) is 11.8 Å². The highest BCUT2D eigenvalue weighted by Crippen LogP contribution is 2.47. The Bertz CT molecular complexity index is 300. The van der Waals surface area contributed by atoms with Crippen molar-refractivity contribution in [2.24, 2.45) is 23.2 Å². The van der Waals surface area contributed by atoms with Crippen molar-refractivity contribution in [1.82, 2.24) is 0 Å². The normalized spacial score (nSPS) is 33.5.